The van der Waals surface area contributed by atoms with E-state index in [2.05, 4.69) is 24.2 Å². The summed E-state index contributed by atoms with van der Waals surface area (Å²) in [6.45, 7) is 2.15. The molecule has 1 heterocycles. The molecule has 2 heteroatoms. The zero-order valence-electron chi connectivity index (χ0n) is 6.59. The van der Waals surface area contributed by atoms with E-state index in [1.54, 1.807) is 6.20 Å². The Morgan fingerprint density at radius 1 is 1.60 bits per heavy atom. The van der Waals surface area contributed by atoms with E-state index in [-0.39, 0.29) is 29.6 Å². The molecular weight excluding hydrogens is 133 g/mol. The molecular formula is C8H10NNa. The summed E-state index contributed by atoms with van der Waals surface area (Å²) >= 11 is 0. The zero-order chi connectivity index (χ0) is 6.53. The number of aromatic nitrogens is 1. The van der Waals surface area contributed by atoms with E-state index < -0.39 is 0 Å². The summed E-state index contributed by atoms with van der Waals surface area (Å²) in [5.41, 5.74) is 1.21. The van der Waals surface area contributed by atoms with Gasteiger partial charge < -0.3 is 4.98 Å². The second kappa shape index (κ2) is 5.90. The molecule has 0 aliphatic carbocycles. The standard InChI is InChI=1S/C8H10N.Na/c1-2-4-8-5-3-6-9-7-8;/h3,5-6H,2,4H2,1H3;/q-1;+1. The monoisotopic (exact) mass is 143 g/mol. The van der Waals surface area contributed by atoms with Gasteiger partial charge in [-0.05, 0) is 6.42 Å². The van der Waals surface area contributed by atoms with Crippen molar-refractivity contribution in [1.82, 2.24) is 4.98 Å². The van der Waals surface area contributed by atoms with Crippen molar-refractivity contribution in [2.45, 2.75) is 19.8 Å². The SMILES string of the molecule is CCCc1[c-]nccc1.[Na+]. The first kappa shape index (κ1) is 10.2. The molecule has 0 N–H and O–H groups in total. The molecule has 1 nitrogen and oxygen atoms in total. The van der Waals surface area contributed by atoms with Crippen molar-refractivity contribution in [3.63, 3.8) is 0 Å². The summed E-state index contributed by atoms with van der Waals surface area (Å²) in [4.78, 5) is 3.88. The third kappa shape index (κ3) is 3.35. The van der Waals surface area contributed by atoms with E-state index >= 15 is 0 Å². The second-order valence-corrected chi connectivity index (χ2v) is 2.02. The van der Waals surface area contributed by atoms with E-state index in [0.717, 1.165) is 6.42 Å². The fourth-order valence-electron chi connectivity index (χ4n) is 0.768. The number of hydrogen-bond donors (Lipinski definition) is 0. The Morgan fingerprint density at radius 3 is 2.90 bits per heavy atom. The molecule has 0 fully saturated rings. The molecule has 48 valence electrons. The van der Waals surface area contributed by atoms with Gasteiger partial charge in [-0.15, -0.1) is 5.56 Å². The predicted molar refractivity (Wildman–Crippen MR) is 37.1 cm³/mol. The summed E-state index contributed by atoms with van der Waals surface area (Å²) < 4.78 is 0. The summed E-state index contributed by atoms with van der Waals surface area (Å²) in [6, 6.07) is 4.00. The molecule has 0 bridgehead atoms. The zero-order valence-corrected chi connectivity index (χ0v) is 8.59. The molecule has 0 aromatic carbocycles. The molecule has 0 spiro atoms. The van der Waals surface area contributed by atoms with Crippen molar-refractivity contribution in [1.29, 1.82) is 0 Å². The van der Waals surface area contributed by atoms with Crippen molar-refractivity contribution in [3.8, 4) is 0 Å². The van der Waals surface area contributed by atoms with Crippen molar-refractivity contribution in [3.05, 3.63) is 30.1 Å². The van der Waals surface area contributed by atoms with Crippen LogP contribution in [0.3, 0.4) is 0 Å². The summed E-state index contributed by atoms with van der Waals surface area (Å²) in [6.07, 6.45) is 6.93. The fraction of sp³-hybridized carbons (Fsp3) is 0.375. The third-order valence-electron chi connectivity index (χ3n) is 1.19. The van der Waals surface area contributed by atoms with Crippen LogP contribution in [0, 0.1) is 6.20 Å². The molecule has 0 saturated carbocycles. The van der Waals surface area contributed by atoms with Gasteiger partial charge in [0.25, 0.3) is 0 Å². The molecule has 0 atom stereocenters. The van der Waals surface area contributed by atoms with Gasteiger partial charge in [0.15, 0.2) is 0 Å². The van der Waals surface area contributed by atoms with Gasteiger partial charge in [-0.2, -0.15) is 12.1 Å². The van der Waals surface area contributed by atoms with E-state index in [4.69, 9.17) is 0 Å². The summed E-state index contributed by atoms with van der Waals surface area (Å²) in [5, 5.41) is 0. The molecule has 10 heavy (non-hydrogen) atoms. The van der Waals surface area contributed by atoms with Crippen LogP contribution < -0.4 is 29.6 Å². The van der Waals surface area contributed by atoms with Gasteiger partial charge in [0.2, 0.25) is 0 Å². The maximum absolute atomic E-state index is 3.88. The van der Waals surface area contributed by atoms with Crippen molar-refractivity contribution in [2.75, 3.05) is 0 Å². The number of rotatable bonds is 2. The van der Waals surface area contributed by atoms with Gasteiger partial charge in [0.05, 0.1) is 0 Å². The molecule has 0 saturated heterocycles. The van der Waals surface area contributed by atoms with Gasteiger partial charge in [-0.3, -0.25) is 0 Å². The van der Waals surface area contributed by atoms with Gasteiger partial charge in [-0.1, -0.05) is 25.7 Å². The minimum Gasteiger partial charge on any atom is -0.394 e. The smallest absolute Gasteiger partial charge is 0.394 e. The van der Waals surface area contributed by atoms with Crippen molar-refractivity contribution >= 4 is 0 Å². The first-order chi connectivity index (χ1) is 4.43. The maximum Gasteiger partial charge on any atom is 1.00 e. The maximum atomic E-state index is 3.88. The largest absolute Gasteiger partial charge is 1.00 e. The summed E-state index contributed by atoms with van der Waals surface area (Å²) in [7, 11) is 0. The summed E-state index contributed by atoms with van der Waals surface area (Å²) in [5.74, 6) is 0. The van der Waals surface area contributed by atoms with Gasteiger partial charge >= 0.3 is 29.6 Å². The molecule has 1 aromatic rings. The van der Waals surface area contributed by atoms with Crippen LogP contribution in [0.1, 0.15) is 18.9 Å². The molecule has 0 unspecified atom stereocenters. The van der Waals surface area contributed by atoms with Crippen molar-refractivity contribution in [2.24, 2.45) is 0 Å². The van der Waals surface area contributed by atoms with Crippen LogP contribution in [0.4, 0.5) is 0 Å². The van der Waals surface area contributed by atoms with E-state index in [0.29, 0.717) is 0 Å². The van der Waals surface area contributed by atoms with Crippen LogP contribution in [0.15, 0.2) is 18.3 Å². The van der Waals surface area contributed by atoms with E-state index in [9.17, 15) is 0 Å². The van der Waals surface area contributed by atoms with Crippen molar-refractivity contribution < 1.29 is 29.6 Å². The molecule has 1 rings (SSSR count). The molecule has 0 aliphatic rings. The van der Waals surface area contributed by atoms with Gasteiger partial charge in [-0.25, -0.2) is 0 Å². The Hall–Kier alpha value is 0.150. The topological polar surface area (TPSA) is 12.9 Å². The van der Waals surface area contributed by atoms with Crippen LogP contribution in [-0.4, -0.2) is 4.98 Å². The van der Waals surface area contributed by atoms with E-state index in [1.165, 1.54) is 12.0 Å². The number of nitrogens with zero attached hydrogens (tertiary/aromatic N) is 1. The Bertz CT molecular complexity index is 162. The third-order valence-corrected chi connectivity index (χ3v) is 1.19. The van der Waals surface area contributed by atoms with E-state index in [1.807, 2.05) is 6.07 Å². The predicted octanol–water partition coefficient (Wildman–Crippen LogP) is -1.16. The number of aryl methyl sites for hydroxylation is 1. The Kier molecular flexibility index (Phi) is 5.99. The average molecular weight is 143 g/mol. The average Bonchev–Trinajstić information content (AvgIpc) is 1.91. The Balaban J connectivity index is 0.000000810. The Labute approximate surface area is 84.2 Å². The normalized spacial score (nSPS) is 8.50. The van der Waals surface area contributed by atoms with Crippen LogP contribution >= 0.6 is 0 Å². The minimum absolute atomic E-state index is 0. The fourth-order valence-corrected chi connectivity index (χ4v) is 0.768. The Morgan fingerprint density at radius 2 is 2.40 bits per heavy atom. The second-order valence-electron chi connectivity index (χ2n) is 2.02. The van der Waals surface area contributed by atoms with Gasteiger partial charge in [0, 0.05) is 0 Å². The van der Waals surface area contributed by atoms with Crippen LogP contribution in [0.5, 0.6) is 0 Å². The minimum atomic E-state index is 0. The quantitative estimate of drug-likeness (QED) is 0.376. The van der Waals surface area contributed by atoms with Crippen LogP contribution in [-0.2, 0) is 6.42 Å². The molecule has 0 radical (unpaired) electrons. The molecule has 0 aliphatic heterocycles. The van der Waals surface area contributed by atoms with Gasteiger partial charge in [0.1, 0.15) is 0 Å². The number of pyridine rings is 1. The molecule has 1 aromatic heterocycles. The first-order valence-corrected chi connectivity index (χ1v) is 3.25. The molecule has 0 amide bonds. The van der Waals surface area contributed by atoms with Crippen LogP contribution in [0.2, 0.25) is 0 Å². The number of hydrogen-bond acceptors (Lipinski definition) is 1. The van der Waals surface area contributed by atoms with Crippen LogP contribution in [0.25, 0.3) is 0 Å². The first-order valence-electron chi connectivity index (χ1n) is 3.25.